The summed E-state index contributed by atoms with van der Waals surface area (Å²) in [4.78, 5) is 34.1. The first-order valence-electron chi connectivity index (χ1n) is 8.31. The maximum absolute atomic E-state index is 12.1. The third-order valence-electron chi connectivity index (χ3n) is 3.53. The van der Waals surface area contributed by atoms with E-state index in [0.29, 0.717) is 13.0 Å². The molecule has 7 heteroatoms. The van der Waals surface area contributed by atoms with E-state index in [1.807, 2.05) is 13.8 Å². The van der Waals surface area contributed by atoms with Gasteiger partial charge in [0, 0.05) is 13.0 Å². The van der Waals surface area contributed by atoms with E-state index >= 15 is 0 Å². The summed E-state index contributed by atoms with van der Waals surface area (Å²) >= 11 is 0. The second-order valence-corrected chi connectivity index (χ2v) is 6.22. The predicted octanol–water partition coefficient (Wildman–Crippen LogP) is 1.02. The second kappa shape index (κ2) is 11.9. The number of unbranched alkanes of at least 4 members (excludes halogenated alkanes) is 4. The van der Waals surface area contributed by atoms with Gasteiger partial charge in [-0.1, -0.05) is 33.1 Å². The molecule has 2 atom stereocenters. The van der Waals surface area contributed by atoms with Gasteiger partial charge in [-0.15, -0.1) is 0 Å². The van der Waals surface area contributed by atoms with Crippen LogP contribution < -0.4 is 16.4 Å². The molecule has 0 fully saturated rings. The number of carbonyl (C=O) groups is 3. The molecule has 0 saturated carbocycles. The van der Waals surface area contributed by atoms with Crippen LogP contribution in [0.3, 0.4) is 0 Å². The van der Waals surface area contributed by atoms with Gasteiger partial charge in [0.1, 0.15) is 6.04 Å². The second-order valence-electron chi connectivity index (χ2n) is 6.22. The first kappa shape index (κ1) is 21.4. The number of carbonyl (C=O) groups excluding carboxylic acids is 2. The Balaban J connectivity index is 3.92. The lowest BCUT2D eigenvalue weighted by Crippen LogP contribution is -2.53. The molecule has 0 aliphatic carbocycles. The molecule has 0 saturated heterocycles. The molecule has 134 valence electrons. The molecule has 0 aliphatic heterocycles. The van der Waals surface area contributed by atoms with E-state index in [4.69, 9.17) is 10.8 Å². The Hall–Kier alpha value is -1.63. The van der Waals surface area contributed by atoms with Gasteiger partial charge in [0.25, 0.3) is 0 Å². The predicted molar refractivity (Wildman–Crippen MR) is 88.8 cm³/mol. The largest absolute Gasteiger partial charge is 0.481 e. The molecule has 0 unspecified atom stereocenters. The highest BCUT2D eigenvalue weighted by Gasteiger charge is 2.24. The van der Waals surface area contributed by atoms with Gasteiger partial charge in [0.2, 0.25) is 11.8 Å². The number of rotatable bonds is 12. The zero-order valence-electron chi connectivity index (χ0n) is 14.4. The third-order valence-corrected chi connectivity index (χ3v) is 3.53. The number of nitrogens with one attached hydrogen (secondary N) is 2. The van der Waals surface area contributed by atoms with Crippen molar-refractivity contribution < 1.29 is 19.5 Å². The van der Waals surface area contributed by atoms with E-state index in [2.05, 4.69) is 10.6 Å². The quantitative estimate of drug-likeness (QED) is 0.398. The lowest BCUT2D eigenvalue weighted by Gasteiger charge is -2.22. The lowest BCUT2D eigenvalue weighted by atomic mass is 10.0. The number of carboxylic acids is 1. The third kappa shape index (κ3) is 10.7. The van der Waals surface area contributed by atoms with Crippen LogP contribution >= 0.6 is 0 Å². The monoisotopic (exact) mass is 329 g/mol. The molecule has 23 heavy (non-hydrogen) atoms. The van der Waals surface area contributed by atoms with Crippen molar-refractivity contribution in [3.63, 3.8) is 0 Å². The van der Waals surface area contributed by atoms with Gasteiger partial charge >= 0.3 is 5.97 Å². The molecule has 0 spiro atoms. The van der Waals surface area contributed by atoms with Crippen LogP contribution in [0.5, 0.6) is 0 Å². The van der Waals surface area contributed by atoms with Crippen LogP contribution in [0.4, 0.5) is 0 Å². The van der Waals surface area contributed by atoms with Crippen molar-refractivity contribution in [3.05, 3.63) is 0 Å². The van der Waals surface area contributed by atoms with Crippen LogP contribution in [-0.4, -0.2) is 41.5 Å². The summed E-state index contributed by atoms with van der Waals surface area (Å²) in [6.45, 7) is 5.87. The van der Waals surface area contributed by atoms with Crippen molar-refractivity contribution in [2.75, 3.05) is 6.54 Å². The summed E-state index contributed by atoms with van der Waals surface area (Å²) in [5, 5.41) is 14.0. The van der Waals surface area contributed by atoms with Crippen molar-refractivity contribution in [3.8, 4) is 0 Å². The standard InChI is InChI=1S/C16H31N3O4/c1-11(2)14(19-15(22)12(3)17)16(23)18-10-8-6-4-5-7-9-13(20)21/h11-12,14H,4-10,17H2,1-3H3,(H,18,23)(H,19,22)(H,20,21)/t12-,14-/m1/s1. The molecule has 0 rings (SSSR count). The Morgan fingerprint density at radius 1 is 0.957 bits per heavy atom. The Morgan fingerprint density at radius 3 is 2.04 bits per heavy atom. The van der Waals surface area contributed by atoms with E-state index in [0.717, 1.165) is 25.7 Å². The number of aliphatic carboxylic acids is 1. The molecule has 5 N–H and O–H groups in total. The molecular formula is C16H31N3O4. The van der Waals surface area contributed by atoms with Crippen LogP contribution in [-0.2, 0) is 14.4 Å². The molecule has 0 aromatic rings. The van der Waals surface area contributed by atoms with Gasteiger partial charge < -0.3 is 21.5 Å². The number of hydrogen-bond donors (Lipinski definition) is 4. The van der Waals surface area contributed by atoms with E-state index in [-0.39, 0.29) is 24.2 Å². The fraction of sp³-hybridized carbons (Fsp3) is 0.812. The average Bonchev–Trinajstić information content (AvgIpc) is 2.46. The maximum Gasteiger partial charge on any atom is 0.303 e. The smallest absolute Gasteiger partial charge is 0.303 e. The molecule has 0 heterocycles. The summed E-state index contributed by atoms with van der Waals surface area (Å²) in [7, 11) is 0. The Morgan fingerprint density at radius 2 is 1.52 bits per heavy atom. The van der Waals surface area contributed by atoms with Crippen molar-refractivity contribution in [1.82, 2.24) is 10.6 Å². The van der Waals surface area contributed by atoms with Crippen LogP contribution in [0, 0.1) is 5.92 Å². The molecule has 2 amide bonds. The van der Waals surface area contributed by atoms with Gasteiger partial charge in [-0.05, 0) is 25.7 Å². The molecule has 7 nitrogen and oxygen atoms in total. The van der Waals surface area contributed by atoms with Crippen LogP contribution in [0.25, 0.3) is 0 Å². The summed E-state index contributed by atoms with van der Waals surface area (Å²) in [6.07, 6.45) is 4.54. The van der Waals surface area contributed by atoms with E-state index < -0.39 is 18.1 Å². The minimum absolute atomic E-state index is 0.0197. The van der Waals surface area contributed by atoms with Crippen LogP contribution in [0.1, 0.15) is 59.3 Å². The fourth-order valence-corrected chi connectivity index (χ4v) is 2.07. The number of hydrogen-bond acceptors (Lipinski definition) is 4. The van der Waals surface area contributed by atoms with Crippen molar-refractivity contribution in [2.45, 2.75) is 71.4 Å². The molecular weight excluding hydrogens is 298 g/mol. The summed E-state index contributed by atoms with van der Waals surface area (Å²) < 4.78 is 0. The molecule has 0 aromatic heterocycles. The normalized spacial score (nSPS) is 13.4. The van der Waals surface area contributed by atoms with Crippen LogP contribution in [0.15, 0.2) is 0 Å². The molecule has 0 aliphatic rings. The van der Waals surface area contributed by atoms with Gasteiger partial charge in [0.15, 0.2) is 0 Å². The Kier molecular flexibility index (Phi) is 11.0. The molecule has 0 bridgehead atoms. The number of carboxylic acid groups (broad SMARTS) is 1. The van der Waals surface area contributed by atoms with Crippen LogP contribution in [0.2, 0.25) is 0 Å². The minimum atomic E-state index is -0.758. The maximum atomic E-state index is 12.1. The van der Waals surface area contributed by atoms with E-state index in [1.165, 1.54) is 0 Å². The zero-order valence-corrected chi connectivity index (χ0v) is 14.4. The first-order chi connectivity index (χ1) is 10.8. The molecule has 0 radical (unpaired) electrons. The Bertz CT molecular complexity index is 384. The van der Waals surface area contributed by atoms with Gasteiger partial charge in [-0.25, -0.2) is 0 Å². The van der Waals surface area contributed by atoms with Gasteiger partial charge in [0.05, 0.1) is 6.04 Å². The fourth-order valence-electron chi connectivity index (χ4n) is 2.07. The summed E-state index contributed by atoms with van der Waals surface area (Å²) in [5.74, 6) is -1.31. The van der Waals surface area contributed by atoms with Gasteiger partial charge in [-0.2, -0.15) is 0 Å². The zero-order chi connectivity index (χ0) is 17.8. The minimum Gasteiger partial charge on any atom is -0.481 e. The summed E-state index contributed by atoms with van der Waals surface area (Å²) in [6, 6.07) is -1.22. The highest BCUT2D eigenvalue weighted by atomic mass is 16.4. The van der Waals surface area contributed by atoms with Crippen molar-refractivity contribution in [2.24, 2.45) is 11.7 Å². The highest BCUT2D eigenvalue weighted by molar-refractivity contribution is 5.89. The van der Waals surface area contributed by atoms with E-state index in [9.17, 15) is 14.4 Å². The molecule has 0 aromatic carbocycles. The first-order valence-corrected chi connectivity index (χ1v) is 8.31. The average molecular weight is 329 g/mol. The topological polar surface area (TPSA) is 122 Å². The highest BCUT2D eigenvalue weighted by Crippen LogP contribution is 2.06. The number of nitrogens with two attached hydrogens (primary N) is 1. The Labute approximate surface area is 138 Å². The van der Waals surface area contributed by atoms with Gasteiger partial charge in [-0.3, -0.25) is 14.4 Å². The van der Waals surface area contributed by atoms with Crippen molar-refractivity contribution >= 4 is 17.8 Å². The lowest BCUT2D eigenvalue weighted by molar-refractivity contribution is -0.137. The summed E-state index contributed by atoms with van der Waals surface area (Å²) in [5.41, 5.74) is 5.50. The number of amides is 2. The SMILES string of the molecule is CC(C)[C@@H](NC(=O)[C@@H](C)N)C(=O)NCCCCCCCC(=O)O. The van der Waals surface area contributed by atoms with Crippen molar-refractivity contribution in [1.29, 1.82) is 0 Å². The van der Waals surface area contributed by atoms with E-state index in [1.54, 1.807) is 6.92 Å².